The normalized spacial score (nSPS) is 36.3. The summed E-state index contributed by atoms with van der Waals surface area (Å²) in [5, 5.41) is 11.7. The highest BCUT2D eigenvalue weighted by Gasteiger charge is 2.62. The van der Waals surface area contributed by atoms with Gasteiger partial charge in [0.2, 0.25) is 0 Å². The third kappa shape index (κ3) is 5.04. The molecule has 14 heteroatoms. The van der Waals surface area contributed by atoms with Gasteiger partial charge in [0, 0.05) is 24.5 Å². The van der Waals surface area contributed by atoms with Crippen molar-refractivity contribution in [3.8, 4) is 0 Å². The third-order valence-electron chi connectivity index (χ3n) is 5.17. The second-order valence-electron chi connectivity index (χ2n) is 7.58. The Balaban J connectivity index is 1.95. The molecule has 4 N–H and O–H groups in total. The Labute approximate surface area is 173 Å². The van der Waals surface area contributed by atoms with E-state index >= 15 is 0 Å². The van der Waals surface area contributed by atoms with E-state index < -0.39 is 57.3 Å². The Kier molecular flexibility index (Phi) is 6.65. The van der Waals surface area contributed by atoms with Crippen LogP contribution < -0.4 is 10.2 Å². The molecular formula is C16H25N2O10P2-. The van der Waals surface area contributed by atoms with E-state index in [2.05, 4.69) is 11.9 Å². The van der Waals surface area contributed by atoms with Crippen molar-refractivity contribution in [2.75, 3.05) is 19.9 Å². The number of aliphatic hydroxyl groups excluding tert-OH is 1. The molecule has 30 heavy (non-hydrogen) atoms. The van der Waals surface area contributed by atoms with Crippen molar-refractivity contribution >= 4 is 21.2 Å². The summed E-state index contributed by atoms with van der Waals surface area (Å²) < 4.78 is 40.3. The molecule has 7 atom stereocenters. The maximum absolute atomic E-state index is 12.5. The number of hydrogen-bond donors (Lipinski definition) is 4. The molecule has 2 heterocycles. The van der Waals surface area contributed by atoms with Gasteiger partial charge < -0.3 is 43.7 Å². The lowest BCUT2D eigenvalue weighted by atomic mass is 10.1. The predicted octanol–water partition coefficient (Wildman–Crippen LogP) is -0.334. The molecule has 2 fully saturated rings. The van der Waals surface area contributed by atoms with Crippen LogP contribution in [0.1, 0.15) is 13.3 Å². The number of amides is 2. The topological polar surface area (TPSA) is 178 Å². The van der Waals surface area contributed by atoms with E-state index in [-0.39, 0.29) is 19.6 Å². The van der Waals surface area contributed by atoms with E-state index in [1.807, 2.05) is 0 Å². The van der Waals surface area contributed by atoms with E-state index in [1.54, 1.807) is 6.92 Å². The van der Waals surface area contributed by atoms with Gasteiger partial charge >= 0.3 is 13.6 Å². The van der Waals surface area contributed by atoms with Crippen molar-refractivity contribution in [2.45, 2.75) is 43.5 Å². The molecule has 0 radical (unpaired) electrons. The number of nitrogens with one attached hydrogen (secondary N) is 1. The summed E-state index contributed by atoms with van der Waals surface area (Å²) in [6, 6.07) is -0.600. The van der Waals surface area contributed by atoms with Crippen LogP contribution in [0.15, 0.2) is 24.0 Å². The van der Waals surface area contributed by atoms with Crippen LogP contribution in [0.3, 0.4) is 0 Å². The number of aliphatic hydroxyl groups is 1. The fourth-order valence-electron chi connectivity index (χ4n) is 3.71. The molecule has 170 valence electrons. The minimum absolute atomic E-state index is 0.110. The van der Waals surface area contributed by atoms with E-state index in [4.69, 9.17) is 19.1 Å². The van der Waals surface area contributed by atoms with Crippen LogP contribution in [0, 0.1) is 5.92 Å². The zero-order chi connectivity index (χ0) is 22.4. The average Bonchev–Trinajstić information content (AvgIpc) is 3.34. The molecule has 2 amide bonds. The largest absolute Gasteiger partial charge is 0.779 e. The average molecular weight is 467 g/mol. The first-order chi connectivity index (χ1) is 13.8. The van der Waals surface area contributed by atoms with Gasteiger partial charge in [0.25, 0.3) is 0 Å². The number of rotatable bonds is 8. The quantitative estimate of drug-likeness (QED) is 0.345. The summed E-state index contributed by atoms with van der Waals surface area (Å²) >= 11 is 0. The van der Waals surface area contributed by atoms with Crippen LogP contribution >= 0.6 is 15.2 Å². The Morgan fingerprint density at radius 1 is 1.40 bits per heavy atom. The van der Waals surface area contributed by atoms with Crippen LogP contribution in [-0.4, -0.2) is 75.9 Å². The standard InChI is InChI=1S/C16H26N2O10P2/c1-8-7-18(16(20)17-9(8)2)15-14(26-5-4-19)13(28-29(3,21)22)12(27-15)10-6-11(10)30(23,24)25/h7,10-15,19H,2,4-6H2,1,3H3,(H,17,20)(H,21,22)(H2,23,24,25)/p-1. The summed E-state index contributed by atoms with van der Waals surface area (Å²) in [7, 11) is -8.73. The first kappa shape index (κ1) is 23.6. The molecule has 1 aliphatic carbocycles. The maximum atomic E-state index is 12.5. The number of urea groups is 1. The second kappa shape index (κ2) is 8.46. The Bertz CT molecular complexity index is 836. The van der Waals surface area contributed by atoms with Gasteiger partial charge in [-0.1, -0.05) is 6.58 Å². The molecule has 3 rings (SSSR count). The van der Waals surface area contributed by atoms with Gasteiger partial charge in [0.1, 0.15) is 19.8 Å². The number of hydrogen-bond acceptors (Lipinski definition) is 8. The third-order valence-corrected chi connectivity index (χ3v) is 7.26. The summed E-state index contributed by atoms with van der Waals surface area (Å²) in [6.45, 7) is 5.69. The zero-order valence-electron chi connectivity index (χ0n) is 16.4. The number of allylic oxidation sites excluding steroid dienone is 1. The van der Waals surface area contributed by atoms with Gasteiger partial charge in [-0.05, 0) is 18.9 Å². The zero-order valence-corrected chi connectivity index (χ0v) is 18.2. The molecule has 3 aliphatic rings. The van der Waals surface area contributed by atoms with Crippen LogP contribution in [0.2, 0.25) is 0 Å². The minimum Gasteiger partial charge on any atom is -0.779 e. The summed E-state index contributed by atoms with van der Waals surface area (Å²) in [5.41, 5.74) is -0.00157. The SMILES string of the molecule is C=C1NC(=O)N(C2OC(C3CC3P(=O)(O)O)C(OP(C)(=O)[O-])C2OCCO)C=C1C. The fraction of sp³-hybridized carbons (Fsp3) is 0.688. The Hall–Kier alpha value is -1.07. The molecule has 0 spiro atoms. The summed E-state index contributed by atoms with van der Waals surface area (Å²) in [5.74, 6) is -0.680. The molecule has 0 aromatic heterocycles. The summed E-state index contributed by atoms with van der Waals surface area (Å²) in [4.78, 5) is 44.5. The van der Waals surface area contributed by atoms with Crippen LogP contribution in [0.5, 0.6) is 0 Å². The van der Waals surface area contributed by atoms with Crippen molar-refractivity contribution < 1.29 is 47.7 Å². The molecule has 0 aromatic rings. The number of carbonyl (C=O) groups is 1. The second-order valence-corrected chi connectivity index (χ2v) is 11.2. The van der Waals surface area contributed by atoms with Crippen molar-refractivity contribution in [1.29, 1.82) is 0 Å². The highest BCUT2D eigenvalue weighted by atomic mass is 31.2. The summed E-state index contributed by atoms with van der Waals surface area (Å²) in [6.07, 6.45) is -3.04. The maximum Gasteiger partial charge on any atom is 0.328 e. The smallest absolute Gasteiger partial charge is 0.328 e. The molecule has 1 saturated carbocycles. The van der Waals surface area contributed by atoms with Gasteiger partial charge in [-0.25, -0.2) is 4.79 Å². The minimum atomic E-state index is -4.42. The van der Waals surface area contributed by atoms with Crippen LogP contribution in [0.25, 0.3) is 0 Å². The number of carbonyl (C=O) groups excluding carboxylic acids is 1. The molecule has 12 nitrogen and oxygen atoms in total. The highest BCUT2D eigenvalue weighted by Crippen LogP contribution is 2.62. The fourth-order valence-corrected chi connectivity index (χ4v) is 5.58. The van der Waals surface area contributed by atoms with Gasteiger partial charge in [-0.3, -0.25) is 9.46 Å². The molecule has 1 saturated heterocycles. The van der Waals surface area contributed by atoms with Crippen LogP contribution in [0.4, 0.5) is 4.79 Å². The van der Waals surface area contributed by atoms with E-state index in [0.29, 0.717) is 11.3 Å². The van der Waals surface area contributed by atoms with E-state index in [9.17, 15) is 28.6 Å². The van der Waals surface area contributed by atoms with Crippen molar-refractivity contribution in [1.82, 2.24) is 10.2 Å². The lowest BCUT2D eigenvalue weighted by molar-refractivity contribution is -0.205. The Morgan fingerprint density at radius 2 is 2.07 bits per heavy atom. The van der Waals surface area contributed by atoms with E-state index in [1.165, 1.54) is 6.20 Å². The van der Waals surface area contributed by atoms with Crippen molar-refractivity contribution in [3.05, 3.63) is 24.0 Å². The molecule has 0 aromatic carbocycles. The highest BCUT2D eigenvalue weighted by molar-refractivity contribution is 7.53. The number of ether oxygens (including phenoxy) is 2. The van der Waals surface area contributed by atoms with Crippen molar-refractivity contribution in [2.24, 2.45) is 5.92 Å². The predicted molar refractivity (Wildman–Crippen MR) is 101 cm³/mol. The van der Waals surface area contributed by atoms with Gasteiger partial charge in [0.15, 0.2) is 6.23 Å². The van der Waals surface area contributed by atoms with Gasteiger partial charge in [0.05, 0.1) is 25.0 Å². The van der Waals surface area contributed by atoms with Crippen molar-refractivity contribution in [3.63, 3.8) is 0 Å². The monoisotopic (exact) mass is 467 g/mol. The molecule has 0 bridgehead atoms. The first-order valence-electron chi connectivity index (χ1n) is 9.20. The molecular weight excluding hydrogens is 442 g/mol. The van der Waals surface area contributed by atoms with E-state index in [0.717, 1.165) is 11.6 Å². The van der Waals surface area contributed by atoms with Gasteiger partial charge in [-0.2, -0.15) is 0 Å². The molecule has 7 unspecified atom stereocenters. The lowest BCUT2D eigenvalue weighted by Gasteiger charge is -2.34. The van der Waals surface area contributed by atoms with Gasteiger partial charge in [-0.15, -0.1) is 0 Å². The molecule has 2 aliphatic heterocycles. The van der Waals surface area contributed by atoms with Crippen LogP contribution in [-0.2, 0) is 23.1 Å². The Morgan fingerprint density at radius 3 is 2.60 bits per heavy atom. The first-order valence-corrected chi connectivity index (χ1v) is 12.9. The number of nitrogens with zero attached hydrogens (tertiary/aromatic N) is 1. The lowest BCUT2D eigenvalue weighted by Crippen LogP contribution is -2.51.